The molecule has 0 aliphatic rings. The molecule has 0 heterocycles. The molecule has 9 nitrogen and oxygen atoms in total. The maximum atomic E-state index is 12.3. The van der Waals surface area contributed by atoms with Gasteiger partial charge in [0.15, 0.2) is 0 Å². The maximum Gasteiger partial charge on any atom is 0.270 e. The molecule has 1 N–H and O–H groups in total. The molecule has 2 aromatic carbocycles. The van der Waals surface area contributed by atoms with E-state index in [1.54, 1.807) is 24.3 Å². The van der Waals surface area contributed by atoms with Crippen molar-refractivity contribution in [1.82, 2.24) is 0 Å². The van der Waals surface area contributed by atoms with Crippen molar-refractivity contribution in [3.63, 3.8) is 0 Å². The van der Waals surface area contributed by atoms with Crippen LogP contribution in [0.4, 0.5) is 11.4 Å². The largest absolute Gasteiger partial charge is 0.392 e. The number of carbonyl (C=O) groups is 1. The number of nitriles is 2. The molecule has 1 atom stereocenters. The number of Topliss-reactive ketones (excluding diaryl/α,β-unsaturated/α-hetero) is 1. The number of nitro groups is 1. The summed E-state index contributed by atoms with van der Waals surface area (Å²) in [5.41, 5.74) is 0.469. The molecule has 0 radical (unpaired) electrons. The van der Waals surface area contributed by atoms with Crippen molar-refractivity contribution in [3.8, 4) is 12.1 Å². The van der Waals surface area contributed by atoms with Crippen LogP contribution in [-0.4, -0.2) is 21.9 Å². The summed E-state index contributed by atoms with van der Waals surface area (Å²) in [6, 6.07) is 11.4. The van der Waals surface area contributed by atoms with Crippen molar-refractivity contribution < 1.29 is 14.8 Å². The highest BCUT2D eigenvalue weighted by Crippen LogP contribution is 2.24. The van der Waals surface area contributed by atoms with Crippen LogP contribution in [0.25, 0.3) is 0 Å². The van der Waals surface area contributed by atoms with Gasteiger partial charge in [0.2, 0.25) is 11.8 Å². The second kappa shape index (κ2) is 8.24. The first-order chi connectivity index (χ1) is 12.5. The van der Waals surface area contributed by atoms with Crippen LogP contribution in [0.15, 0.2) is 52.7 Å². The van der Waals surface area contributed by atoms with Gasteiger partial charge in [0.25, 0.3) is 5.69 Å². The van der Waals surface area contributed by atoms with Gasteiger partial charge in [-0.3, -0.25) is 14.9 Å². The second-order valence-corrected chi connectivity index (χ2v) is 5.04. The number of non-ortho nitro benzene ring substituents is 1. The lowest BCUT2D eigenvalue weighted by Gasteiger charge is -2.04. The molecule has 0 aromatic heterocycles. The van der Waals surface area contributed by atoms with Crippen LogP contribution in [0.5, 0.6) is 0 Å². The highest BCUT2D eigenvalue weighted by atomic mass is 16.6. The average molecular weight is 349 g/mol. The quantitative estimate of drug-likeness (QED) is 0.366. The number of ketones is 1. The van der Waals surface area contributed by atoms with Crippen LogP contribution >= 0.6 is 0 Å². The maximum absolute atomic E-state index is 12.3. The van der Waals surface area contributed by atoms with Gasteiger partial charge in [-0.2, -0.15) is 20.8 Å². The lowest BCUT2D eigenvalue weighted by Crippen LogP contribution is -2.16. The molecular weight excluding hydrogens is 338 g/mol. The van der Waals surface area contributed by atoms with Gasteiger partial charge in [0, 0.05) is 17.7 Å². The van der Waals surface area contributed by atoms with Crippen LogP contribution in [0.2, 0.25) is 0 Å². The number of hydrogen-bond donors (Lipinski definition) is 1. The second-order valence-electron chi connectivity index (χ2n) is 5.04. The first kappa shape index (κ1) is 18.4. The molecule has 2 rings (SSSR count). The first-order valence-corrected chi connectivity index (χ1v) is 7.23. The van der Waals surface area contributed by atoms with E-state index in [0.717, 1.165) is 12.1 Å². The fraction of sp³-hybridized carbons (Fsp3) is 0.118. The number of carbonyl (C=O) groups excluding carboxylic acids is 1. The Kier molecular flexibility index (Phi) is 5.83. The molecule has 0 aliphatic carbocycles. The van der Waals surface area contributed by atoms with E-state index in [9.17, 15) is 14.9 Å². The van der Waals surface area contributed by atoms with E-state index < -0.39 is 16.7 Å². The van der Waals surface area contributed by atoms with Crippen LogP contribution in [0, 0.1) is 32.8 Å². The lowest BCUT2D eigenvalue weighted by atomic mass is 10.0. The molecule has 0 spiro atoms. The third-order valence-electron chi connectivity index (χ3n) is 3.38. The molecule has 0 saturated carbocycles. The fourth-order valence-electron chi connectivity index (χ4n) is 2.00. The highest BCUT2D eigenvalue weighted by Gasteiger charge is 2.19. The van der Waals surface area contributed by atoms with Gasteiger partial charge in [-0.1, -0.05) is 24.3 Å². The summed E-state index contributed by atoms with van der Waals surface area (Å²) >= 11 is 0. The summed E-state index contributed by atoms with van der Waals surface area (Å²) in [5, 5.41) is 45.3. The third-order valence-corrected chi connectivity index (χ3v) is 3.38. The van der Waals surface area contributed by atoms with Gasteiger partial charge >= 0.3 is 0 Å². The van der Waals surface area contributed by atoms with Gasteiger partial charge in [-0.15, -0.1) is 0 Å². The zero-order chi connectivity index (χ0) is 19.1. The van der Waals surface area contributed by atoms with Crippen LogP contribution in [0.1, 0.15) is 21.5 Å². The molecule has 9 heteroatoms. The number of nitro benzene ring substituents is 1. The van der Waals surface area contributed by atoms with Gasteiger partial charge in [-0.25, -0.2) is 0 Å². The van der Waals surface area contributed by atoms with Crippen molar-refractivity contribution in [2.24, 2.45) is 10.2 Å². The molecule has 128 valence electrons. The number of rotatable bonds is 6. The summed E-state index contributed by atoms with van der Waals surface area (Å²) in [6.45, 7) is -0.174. The number of nitrogens with zero attached hydrogens (tertiary/aromatic N) is 5. The van der Waals surface area contributed by atoms with E-state index in [2.05, 4.69) is 10.2 Å². The van der Waals surface area contributed by atoms with Crippen molar-refractivity contribution in [2.75, 3.05) is 0 Å². The van der Waals surface area contributed by atoms with E-state index in [1.807, 2.05) is 0 Å². The number of hydrogen-bond acceptors (Lipinski definition) is 8. The fourth-order valence-corrected chi connectivity index (χ4v) is 2.00. The molecule has 0 aliphatic heterocycles. The number of azo groups is 1. The molecular formula is C17H11N5O4. The predicted molar refractivity (Wildman–Crippen MR) is 88.4 cm³/mol. The number of aliphatic hydroxyl groups excluding tert-OH is 1. The SMILES string of the molecule is N#Cc1cc([N+](=O)[O-])ccc1N=NC(C#N)C(=O)c1ccc(CO)cc1. The highest BCUT2D eigenvalue weighted by molar-refractivity contribution is 6.01. The third kappa shape index (κ3) is 4.12. The van der Waals surface area contributed by atoms with Crippen molar-refractivity contribution in [3.05, 3.63) is 69.3 Å². The normalized spacial score (nSPS) is 11.5. The zero-order valence-corrected chi connectivity index (χ0v) is 13.2. The molecule has 0 fully saturated rings. The van der Waals surface area contributed by atoms with Gasteiger partial charge in [-0.05, 0) is 11.6 Å². The Hall–Kier alpha value is -3.95. The molecule has 0 bridgehead atoms. The van der Waals surface area contributed by atoms with E-state index in [-0.39, 0.29) is 29.1 Å². The summed E-state index contributed by atoms with van der Waals surface area (Å²) in [7, 11) is 0. The summed E-state index contributed by atoms with van der Waals surface area (Å²) in [5.74, 6) is -0.596. The lowest BCUT2D eigenvalue weighted by molar-refractivity contribution is -0.384. The minimum Gasteiger partial charge on any atom is -0.392 e. The van der Waals surface area contributed by atoms with E-state index in [0.29, 0.717) is 5.56 Å². The minimum atomic E-state index is -1.43. The minimum absolute atomic E-state index is 0.0155. The van der Waals surface area contributed by atoms with Gasteiger partial charge < -0.3 is 5.11 Å². The van der Waals surface area contributed by atoms with Crippen LogP contribution in [-0.2, 0) is 6.61 Å². The Balaban J connectivity index is 2.26. The first-order valence-electron chi connectivity index (χ1n) is 7.23. The summed E-state index contributed by atoms with van der Waals surface area (Å²) in [6.07, 6.45) is 0. The molecule has 2 aromatic rings. The van der Waals surface area contributed by atoms with Crippen LogP contribution in [0.3, 0.4) is 0 Å². The van der Waals surface area contributed by atoms with Crippen molar-refractivity contribution in [2.45, 2.75) is 12.6 Å². The summed E-state index contributed by atoms with van der Waals surface area (Å²) in [4.78, 5) is 22.4. The molecule has 26 heavy (non-hydrogen) atoms. The molecule has 1 unspecified atom stereocenters. The van der Waals surface area contributed by atoms with E-state index >= 15 is 0 Å². The Morgan fingerprint density at radius 1 is 1.23 bits per heavy atom. The predicted octanol–water partition coefficient (Wildman–Crippen LogP) is 2.82. The Labute approximate surface area is 147 Å². The standard InChI is InChI=1S/C17H11N5O4/c18-8-13-7-14(22(25)26)5-6-15(13)20-21-16(9-19)17(24)12-3-1-11(10-23)2-4-12/h1-7,16,23H,10H2. The van der Waals surface area contributed by atoms with E-state index in [4.69, 9.17) is 15.6 Å². The zero-order valence-electron chi connectivity index (χ0n) is 13.2. The average Bonchev–Trinajstić information content (AvgIpc) is 2.68. The Morgan fingerprint density at radius 3 is 2.46 bits per heavy atom. The number of aliphatic hydroxyl groups is 1. The van der Waals surface area contributed by atoms with Crippen molar-refractivity contribution >= 4 is 17.2 Å². The van der Waals surface area contributed by atoms with Gasteiger partial charge in [0.1, 0.15) is 11.8 Å². The molecule has 0 amide bonds. The Morgan fingerprint density at radius 2 is 1.92 bits per heavy atom. The van der Waals surface area contributed by atoms with Crippen LogP contribution < -0.4 is 0 Å². The number of benzene rings is 2. The van der Waals surface area contributed by atoms with Gasteiger partial charge in [0.05, 0.1) is 23.2 Å². The Bertz CT molecular complexity index is 955. The summed E-state index contributed by atoms with van der Waals surface area (Å²) < 4.78 is 0. The monoisotopic (exact) mass is 349 g/mol. The van der Waals surface area contributed by atoms with E-state index in [1.165, 1.54) is 18.2 Å². The topological polar surface area (TPSA) is 153 Å². The van der Waals surface area contributed by atoms with Crippen molar-refractivity contribution in [1.29, 1.82) is 10.5 Å². The smallest absolute Gasteiger partial charge is 0.270 e. The molecule has 0 saturated heterocycles.